The summed E-state index contributed by atoms with van der Waals surface area (Å²) in [6.45, 7) is 2.74. The predicted molar refractivity (Wildman–Crippen MR) is 73.0 cm³/mol. The molecule has 0 fully saturated rings. The van der Waals surface area contributed by atoms with E-state index in [0.29, 0.717) is 6.54 Å². The van der Waals surface area contributed by atoms with E-state index in [-0.39, 0.29) is 0 Å². The van der Waals surface area contributed by atoms with E-state index in [1.165, 1.54) is 5.56 Å². The first-order chi connectivity index (χ1) is 8.34. The summed E-state index contributed by atoms with van der Waals surface area (Å²) in [7, 11) is 0. The molecule has 17 heavy (non-hydrogen) atoms. The summed E-state index contributed by atoms with van der Waals surface area (Å²) in [6, 6.07) is 18.3. The third-order valence-corrected chi connectivity index (χ3v) is 2.41. The number of nitrogens with one attached hydrogen (secondary N) is 1. The summed E-state index contributed by atoms with van der Waals surface area (Å²) in [5, 5.41) is 3.26. The molecule has 0 aliphatic heterocycles. The molecule has 0 atom stereocenters. The molecular formula is C16H15N. The van der Waals surface area contributed by atoms with Crippen LogP contribution in [0.1, 0.15) is 11.1 Å². The van der Waals surface area contributed by atoms with Crippen molar-refractivity contribution in [3.05, 3.63) is 65.7 Å². The van der Waals surface area contributed by atoms with Crippen molar-refractivity contribution in [2.75, 3.05) is 11.9 Å². The van der Waals surface area contributed by atoms with Gasteiger partial charge >= 0.3 is 0 Å². The Bertz CT molecular complexity index is 532. The average Bonchev–Trinajstić information content (AvgIpc) is 2.36. The summed E-state index contributed by atoms with van der Waals surface area (Å²) in [5.74, 6) is 6.26. The molecule has 0 radical (unpaired) electrons. The largest absolute Gasteiger partial charge is 0.374 e. The Balaban J connectivity index is 1.91. The first-order valence-corrected chi connectivity index (χ1v) is 5.69. The minimum atomic E-state index is 0.665. The Morgan fingerprint density at radius 2 is 1.82 bits per heavy atom. The number of anilines is 1. The van der Waals surface area contributed by atoms with E-state index in [0.717, 1.165) is 11.3 Å². The molecule has 0 aliphatic rings. The summed E-state index contributed by atoms with van der Waals surface area (Å²) in [5.41, 5.74) is 3.42. The predicted octanol–water partition coefficient (Wildman–Crippen LogP) is 3.46. The maximum absolute atomic E-state index is 3.26. The lowest BCUT2D eigenvalue weighted by molar-refractivity contribution is 1.38. The van der Waals surface area contributed by atoms with Gasteiger partial charge in [0.05, 0.1) is 6.54 Å². The van der Waals surface area contributed by atoms with Crippen molar-refractivity contribution < 1.29 is 0 Å². The molecule has 0 spiro atoms. The molecule has 2 aromatic carbocycles. The van der Waals surface area contributed by atoms with E-state index in [1.54, 1.807) is 0 Å². The van der Waals surface area contributed by atoms with Crippen LogP contribution in [0.25, 0.3) is 0 Å². The van der Waals surface area contributed by atoms with Crippen molar-refractivity contribution in [3.63, 3.8) is 0 Å². The lowest BCUT2D eigenvalue weighted by atomic mass is 10.1. The molecule has 84 valence electrons. The molecule has 0 bridgehead atoms. The van der Waals surface area contributed by atoms with Gasteiger partial charge in [-0.3, -0.25) is 0 Å². The lowest BCUT2D eigenvalue weighted by Crippen LogP contribution is -1.97. The van der Waals surface area contributed by atoms with Crippen molar-refractivity contribution in [3.8, 4) is 11.8 Å². The highest BCUT2D eigenvalue weighted by Gasteiger charge is 1.87. The quantitative estimate of drug-likeness (QED) is 0.766. The van der Waals surface area contributed by atoms with Crippen LogP contribution < -0.4 is 5.32 Å². The molecular weight excluding hydrogens is 206 g/mol. The molecule has 0 saturated heterocycles. The van der Waals surface area contributed by atoms with Gasteiger partial charge in [-0.25, -0.2) is 0 Å². The van der Waals surface area contributed by atoms with Gasteiger partial charge in [-0.1, -0.05) is 42.2 Å². The Hall–Kier alpha value is -2.20. The number of para-hydroxylation sites is 1. The molecule has 0 saturated carbocycles. The number of hydrogen-bond donors (Lipinski definition) is 1. The van der Waals surface area contributed by atoms with E-state index in [1.807, 2.05) is 42.5 Å². The fourth-order valence-corrected chi connectivity index (χ4v) is 1.57. The van der Waals surface area contributed by atoms with Crippen LogP contribution in [-0.4, -0.2) is 6.54 Å². The first-order valence-electron chi connectivity index (χ1n) is 5.69. The minimum Gasteiger partial charge on any atom is -0.374 e. The van der Waals surface area contributed by atoms with E-state index in [2.05, 4.69) is 36.2 Å². The normalized spacial score (nSPS) is 9.24. The molecule has 0 amide bonds. The van der Waals surface area contributed by atoms with Gasteiger partial charge < -0.3 is 5.32 Å². The van der Waals surface area contributed by atoms with Gasteiger partial charge in [-0.15, -0.1) is 0 Å². The highest BCUT2D eigenvalue weighted by atomic mass is 14.8. The third-order valence-electron chi connectivity index (χ3n) is 2.41. The van der Waals surface area contributed by atoms with Crippen molar-refractivity contribution >= 4 is 5.69 Å². The van der Waals surface area contributed by atoms with Crippen molar-refractivity contribution in [1.82, 2.24) is 0 Å². The van der Waals surface area contributed by atoms with Gasteiger partial charge in [0.15, 0.2) is 0 Å². The van der Waals surface area contributed by atoms with Crippen LogP contribution in [0.5, 0.6) is 0 Å². The molecule has 1 nitrogen and oxygen atoms in total. The van der Waals surface area contributed by atoms with E-state index >= 15 is 0 Å². The van der Waals surface area contributed by atoms with Crippen LogP contribution in [0, 0.1) is 18.8 Å². The molecule has 0 aliphatic carbocycles. The number of benzene rings is 2. The monoisotopic (exact) mass is 221 g/mol. The van der Waals surface area contributed by atoms with Gasteiger partial charge in [0.1, 0.15) is 0 Å². The highest BCUT2D eigenvalue weighted by molar-refractivity contribution is 5.44. The standard InChI is InChI=1S/C16H15N/c1-14-7-5-8-15(13-14)9-6-12-17-16-10-3-2-4-11-16/h2-5,7-8,10-11,13,17H,12H2,1H3. The second-order valence-electron chi connectivity index (χ2n) is 3.89. The number of hydrogen-bond acceptors (Lipinski definition) is 1. The van der Waals surface area contributed by atoms with Crippen molar-refractivity contribution in [1.29, 1.82) is 0 Å². The zero-order valence-corrected chi connectivity index (χ0v) is 9.90. The van der Waals surface area contributed by atoms with Crippen molar-refractivity contribution in [2.45, 2.75) is 6.92 Å². The van der Waals surface area contributed by atoms with Crippen molar-refractivity contribution in [2.24, 2.45) is 0 Å². The Morgan fingerprint density at radius 3 is 2.59 bits per heavy atom. The van der Waals surface area contributed by atoms with Gasteiger partial charge in [0.2, 0.25) is 0 Å². The highest BCUT2D eigenvalue weighted by Crippen LogP contribution is 2.04. The molecule has 1 heteroatoms. The molecule has 2 aromatic rings. The van der Waals surface area contributed by atoms with Gasteiger partial charge in [-0.2, -0.15) is 0 Å². The average molecular weight is 221 g/mol. The summed E-state index contributed by atoms with van der Waals surface area (Å²) in [6.07, 6.45) is 0. The molecule has 0 heterocycles. The fourth-order valence-electron chi connectivity index (χ4n) is 1.57. The van der Waals surface area contributed by atoms with Crippen LogP contribution in [-0.2, 0) is 0 Å². The summed E-state index contributed by atoms with van der Waals surface area (Å²) in [4.78, 5) is 0. The fraction of sp³-hybridized carbons (Fsp3) is 0.125. The second-order valence-corrected chi connectivity index (χ2v) is 3.89. The Morgan fingerprint density at radius 1 is 1.00 bits per heavy atom. The van der Waals surface area contributed by atoms with Crippen LogP contribution in [0.15, 0.2) is 54.6 Å². The zero-order valence-electron chi connectivity index (χ0n) is 9.90. The molecule has 0 aromatic heterocycles. The molecule has 1 N–H and O–H groups in total. The van der Waals surface area contributed by atoms with E-state index in [9.17, 15) is 0 Å². The summed E-state index contributed by atoms with van der Waals surface area (Å²) >= 11 is 0. The topological polar surface area (TPSA) is 12.0 Å². The number of aryl methyl sites for hydroxylation is 1. The Kier molecular flexibility index (Phi) is 3.83. The van der Waals surface area contributed by atoms with Crippen LogP contribution in [0.4, 0.5) is 5.69 Å². The summed E-state index contributed by atoms with van der Waals surface area (Å²) < 4.78 is 0. The van der Waals surface area contributed by atoms with Gasteiger partial charge in [-0.05, 0) is 36.8 Å². The Labute approximate surface area is 102 Å². The van der Waals surface area contributed by atoms with Gasteiger partial charge in [0, 0.05) is 11.3 Å². The smallest absolute Gasteiger partial charge is 0.0769 e. The SMILES string of the molecule is Cc1cccc(C#CCNc2ccccc2)c1. The zero-order chi connectivity index (χ0) is 11.9. The number of rotatable bonds is 2. The second kappa shape index (κ2) is 5.77. The maximum atomic E-state index is 3.26. The minimum absolute atomic E-state index is 0.665. The van der Waals surface area contributed by atoms with E-state index in [4.69, 9.17) is 0 Å². The first kappa shape index (κ1) is 11.3. The van der Waals surface area contributed by atoms with Crippen LogP contribution in [0.3, 0.4) is 0 Å². The van der Waals surface area contributed by atoms with Crippen LogP contribution in [0.2, 0.25) is 0 Å². The third kappa shape index (κ3) is 3.70. The van der Waals surface area contributed by atoms with Crippen LogP contribution >= 0.6 is 0 Å². The maximum Gasteiger partial charge on any atom is 0.0769 e. The molecule has 2 rings (SSSR count). The lowest BCUT2D eigenvalue weighted by Gasteiger charge is -1.99. The van der Waals surface area contributed by atoms with Gasteiger partial charge in [0.25, 0.3) is 0 Å². The van der Waals surface area contributed by atoms with E-state index < -0.39 is 0 Å². The molecule has 0 unspecified atom stereocenters.